The summed E-state index contributed by atoms with van der Waals surface area (Å²) in [6.45, 7) is 6.20. The lowest BCUT2D eigenvalue weighted by Crippen LogP contribution is -2.04. The van der Waals surface area contributed by atoms with E-state index in [0.29, 0.717) is 18.3 Å². The summed E-state index contributed by atoms with van der Waals surface area (Å²) < 4.78 is 7.20. The van der Waals surface area contributed by atoms with Gasteiger partial charge in [0.25, 0.3) is 0 Å². The highest BCUT2D eigenvalue weighted by atomic mass is 16.4. The fourth-order valence-electron chi connectivity index (χ4n) is 1.74. The molecule has 6 heteroatoms. The quantitative estimate of drug-likeness (QED) is 0.856. The fraction of sp³-hybridized carbons (Fsp3) is 0.545. The van der Waals surface area contributed by atoms with Gasteiger partial charge in [-0.3, -0.25) is 4.68 Å². The van der Waals surface area contributed by atoms with Crippen molar-refractivity contribution in [1.82, 2.24) is 20.0 Å². The Morgan fingerprint density at radius 2 is 1.94 bits per heavy atom. The van der Waals surface area contributed by atoms with Gasteiger partial charge in [-0.25, -0.2) is 0 Å². The van der Waals surface area contributed by atoms with E-state index in [2.05, 4.69) is 15.3 Å². The molecule has 2 rings (SSSR count). The second-order valence-corrected chi connectivity index (χ2v) is 3.91. The summed E-state index contributed by atoms with van der Waals surface area (Å²) in [5.41, 5.74) is 2.63. The van der Waals surface area contributed by atoms with Gasteiger partial charge in [-0.1, -0.05) is 6.92 Å². The van der Waals surface area contributed by atoms with E-state index >= 15 is 0 Å². The van der Waals surface area contributed by atoms with E-state index in [1.165, 1.54) is 0 Å². The van der Waals surface area contributed by atoms with Crippen molar-refractivity contribution >= 4 is 0 Å². The standard InChI is InChI=1S/C11H16N4O2/c1-4-10-12-13-11(17-10)5-15-8(3)9(6-16)7(2)14-15/h16H,4-6H2,1-3H3. The molecule has 0 saturated heterocycles. The highest BCUT2D eigenvalue weighted by Crippen LogP contribution is 2.14. The summed E-state index contributed by atoms with van der Waals surface area (Å²) in [5.74, 6) is 1.17. The van der Waals surface area contributed by atoms with E-state index in [1.807, 2.05) is 20.8 Å². The number of aryl methyl sites for hydroxylation is 2. The Balaban J connectivity index is 2.24. The van der Waals surface area contributed by atoms with Gasteiger partial charge >= 0.3 is 0 Å². The Morgan fingerprint density at radius 3 is 2.47 bits per heavy atom. The first-order valence-corrected chi connectivity index (χ1v) is 5.60. The largest absolute Gasteiger partial charge is 0.423 e. The molecular formula is C11H16N4O2. The van der Waals surface area contributed by atoms with Crippen molar-refractivity contribution in [1.29, 1.82) is 0 Å². The van der Waals surface area contributed by atoms with E-state index < -0.39 is 0 Å². The molecule has 0 aliphatic rings. The van der Waals surface area contributed by atoms with Crippen molar-refractivity contribution in [2.45, 2.75) is 40.3 Å². The van der Waals surface area contributed by atoms with Crippen molar-refractivity contribution in [3.8, 4) is 0 Å². The Hall–Kier alpha value is -1.69. The van der Waals surface area contributed by atoms with E-state index in [4.69, 9.17) is 4.42 Å². The summed E-state index contributed by atoms with van der Waals surface area (Å²) in [6, 6.07) is 0. The second-order valence-electron chi connectivity index (χ2n) is 3.91. The molecule has 0 fully saturated rings. The zero-order valence-corrected chi connectivity index (χ0v) is 10.3. The highest BCUT2D eigenvalue weighted by molar-refractivity contribution is 5.23. The van der Waals surface area contributed by atoms with Crippen LogP contribution in [0.5, 0.6) is 0 Å². The van der Waals surface area contributed by atoms with Crippen LogP contribution in [0.1, 0.15) is 35.7 Å². The van der Waals surface area contributed by atoms with Crippen LogP contribution in [0.3, 0.4) is 0 Å². The van der Waals surface area contributed by atoms with Gasteiger partial charge in [0.15, 0.2) is 0 Å². The average Bonchev–Trinajstić information content (AvgIpc) is 2.86. The average molecular weight is 236 g/mol. The van der Waals surface area contributed by atoms with Gasteiger partial charge in [0.2, 0.25) is 11.8 Å². The van der Waals surface area contributed by atoms with Crippen molar-refractivity contribution in [3.05, 3.63) is 28.7 Å². The van der Waals surface area contributed by atoms with Crippen molar-refractivity contribution in [2.75, 3.05) is 0 Å². The molecule has 0 unspecified atom stereocenters. The summed E-state index contributed by atoms with van der Waals surface area (Å²) in [7, 11) is 0. The van der Waals surface area contributed by atoms with Crippen molar-refractivity contribution in [2.24, 2.45) is 0 Å². The van der Waals surface area contributed by atoms with Crippen LogP contribution >= 0.6 is 0 Å². The molecule has 0 aliphatic carbocycles. The minimum Gasteiger partial charge on any atom is -0.423 e. The molecule has 0 spiro atoms. The number of aliphatic hydroxyl groups is 1. The molecule has 0 bridgehead atoms. The highest BCUT2D eigenvalue weighted by Gasteiger charge is 2.13. The number of aliphatic hydroxyl groups excluding tert-OH is 1. The number of hydrogen-bond acceptors (Lipinski definition) is 5. The third kappa shape index (κ3) is 2.21. The zero-order chi connectivity index (χ0) is 12.4. The molecule has 0 radical (unpaired) electrons. The van der Waals surface area contributed by atoms with Gasteiger partial charge in [0.05, 0.1) is 12.3 Å². The van der Waals surface area contributed by atoms with E-state index in [0.717, 1.165) is 23.4 Å². The van der Waals surface area contributed by atoms with Gasteiger partial charge in [-0.2, -0.15) is 5.10 Å². The first-order chi connectivity index (χ1) is 8.15. The zero-order valence-electron chi connectivity index (χ0n) is 10.3. The molecule has 6 nitrogen and oxygen atoms in total. The van der Waals surface area contributed by atoms with Crippen LogP contribution in [0.25, 0.3) is 0 Å². The first-order valence-electron chi connectivity index (χ1n) is 5.60. The molecule has 92 valence electrons. The van der Waals surface area contributed by atoms with E-state index in [9.17, 15) is 5.11 Å². The molecule has 0 aliphatic heterocycles. The lowest BCUT2D eigenvalue weighted by molar-refractivity contribution is 0.280. The molecule has 0 saturated carbocycles. The SMILES string of the molecule is CCc1nnc(Cn2nc(C)c(CO)c2C)o1. The molecule has 0 amide bonds. The topological polar surface area (TPSA) is 77.0 Å². The van der Waals surface area contributed by atoms with Gasteiger partial charge < -0.3 is 9.52 Å². The summed E-state index contributed by atoms with van der Waals surface area (Å²) in [4.78, 5) is 0. The molecule has 2 heterocycles. The number of rotatable bonds is 4. The monoisotopic (exact) mass is 236 g/mol. The minimum atomic E-state index is 0.00170. The number of nitrogens with zero attached hydrogens (tertiary/aromatic N) is 4. The van der Waals surface area contributed by atoms with Crippen LogP contribution in [-0.4, -0.2) is 25.1 Å². The predicted molar refractivity (Wildman–Crippen MR) is 60.4 cm³/mol. The Kier molecular flexibility index (Phi) is 3.23. The third-order valence-corrected chi connectivity index (χ3v) is 2.79. The normalized spacial score (nSPS) is 11.1. The summed E-state index contributed by atoms with van der Waals surface area (Å²) in [6.07, 6.45) is 0.728. The van der Waals surface area contributed by atoms with Crippen LogP contribution in [0, 0.1) is 13.8 Å². The van der Waals surface area contributed by atoms with Gasteiger partial charge in [-0.15, -0.1) is 10.2 Å². The van der Waals surface area contributed by atoms with Gasteiger partial charge in [-0.05, 0) is 13.8 Å². The molecule has 0 aromatic carbocycles. The Morgan fingerprint density at radius 1 is 1.24 bits per heavy atom. The first kappa shape index (κ1) is 11.8. The van der Waals surface area contributed by atoms with Crippen LogP contribution in [-0.2, 0) is 19.6 Å². The lowest BCUT2D eigenvalue weighted by atomic mass is 10.2. The minimum absolute atomic E-state index is 0.00170. The summed E-state index contributed by atoms with van der Waals surface area (Å²) >= 11 is 0. The van der Waals surface area contributed by atoms with Gasteiger partial charge in [0, 0.05) is 17.7 Å². The number of hydrogen-bond donors (Lipinski definition) is 1. The second kappa shape index (κ2) is 4.67. The van der Waals surface area contributed by atoms with Gasteiger partial charge in [0.1, 0.15) is 6.54 Å². The van der Waals surface area contributed by atoms with Crippen LogP contribution in [0.2, 0.25) is 0 Å². The molecular weight excluding hydrogens is 220 g/mol. The molecule has 0 atom stereocenters. The van der Waals surface area contributed by atoms with E-state index in [-0.39, 0.29) is 6.61 Å². The van der Waals surface area contributed by atoms with E-state index in [1.54, 1.807) is 4.68 Å². The molecule has 2 aromatic heterocycles. The maximum absolute atomic E-state index is 9.22. The van der Waals surface area contributed by atoms with Crippen molar-refractivity contribution < 1.29 is 9.52 Å². The van der Waals surface area contributed by atoms with Crippen molar-refractivity contribution in [3.63, 3.8) is 0 Å². The maximum Gasteiger partial charge on any atom is 0.237 e. The smallest absolute Gasteiger partial charge is 0.237 e. The predicted octanol–water partition coefficient (Wildman–Crippen LogP) is 0.986. The Bertz CT molecular complexity index is 516. The summed E-state index contributed by atoms with van der Waals surface area (Å²) in [5, 5.41) is 21.4. The fourth-order valence-corrected chi connectivity index (χ4v) is 1.74. The third-order valence-electron chi connectivity index (χ3n) is 2.79. The maximum atomic E-state index is 9.22. The van der Waals surface area contributed by atoms with Crippen LogP contribution < -0.4 is 0 Å². The van der Waals surface area contributed by atoms with Crippen LogP contribution in [0.15, 0.2) is 4.42 Å². The molecule has 17 heavy (non-hydrogen) atoms. The Labute approximate surface area is 99.3 Å². The molecule has 2 aromatic rings. The lowest BCUT2D eigenvalue weighted by Gasteiger charge is -2.00. The number of aromatic nitrogens is 4. The molecule has 1 N–H and O–H groups in total. The van der Waals surface area contributed by atoms with Crippen LogP contribution in [0.4, 0.5) is 0 Å².